The average Bonchev–Trinajstić information content (AvgIpc) is 3.07. The zero-order chi connectivity index (χ0) is 20.4. The molecule has 2 aromatic heterocycles. The Kier molecular flexibility index (Phi) is 6.32. The maximum atomic E-state index is 9.66. The maximum Gasteiger partial charge on any atom is 0.227 e. The van der Waals surface area contributed by atoms with Crippen molar-refractivity contribution in [2.24, 2.45) is 5.92 Å². The lowest BCUT2D eigenvalue weighted by Gasteiger charge is -2.20. The smallest absolute Gasteiger partial charge is 0.227 e. The molecule has 3 N–H and O–H groups in total. The maximum absolute atomic E-state index is 9.66. The van der Waals surface area contributed by atoms with Crippen molar-refractivity contribution < 1.29 is 5.11 Å². The van der Waals surface area contributed by atoms with Crippen molar-refractivity contribution in [3.05, 3.63) is 29.5 Å². The molecule has 0 aliphatic rings. The number of anilines is 3. The SMILES string of the molecule is CC(C)[C@H](CO)Nc1nc(Nc2ccc(S)c(Cl)c2)c2ncn(C(C)C)c2n1. The zero-order valence-corrected chi connectivity index (χ0v) is 18.0. The molecule has 0 aliphatic heterocycles. The molecular weight excluding hydrogens is 396 g/mol. The minimum Gasteiger partial charge on any atom is -0.394 e. The molecule has 0 fully saturated rings. The summed E-state index contributed by atoms with van der Waals surface area (Å²) in [5.74, 6) is 1.22. The van der Waals surface area contributed by atoms with Gasteiger partial charge >= 0.3 is 0 Å². The molecule has 0 amide bonds. The minimum absolute atomic E-state index is 0.00964. The van der Waals surface area contributed by atoms with Gasteiger partial charge in [0, 0.05) is 16.6 Å². The van der Waals surface area contributed by atoms with Gasteiger partial charge in [-0.15, -0.1) is 12.6 Å². The van der Waals surface area contributed by atoms with Crippen LogP contribution in [-0.2, 0) is 0 Å². The van der Waals surface area contributed by atoms with Crippen LogP contribution < -0.4 is 10.6 Å². The zero-order valence-electron chi connectivity index (χ0n) is 16.3. The van der Waals surface area contributed by atoms with E-state index in [1.54, 1.807) is 12.4 Å². The summed E-state index contributed by atoms with van der Waals surface area (Å²) in [7, 11) is 0. The number of imidazole rings is 1. The third-order valence-corrected chi connectivity index (χ3v) is 5.34. The monoisotopic (exact) mass is 420 g/mol. The number of fused-ring (bicyclic) bond motifs is 1. The second kappa shape index (κ2) is 8.55. The molecule has 0 saturated heterocycles. The van der Waals surface area contributed by atoms with E-state index in [4.69, 9.17) is 11.6 Å². The molecule has 2 heterocycles. The summed E-state index contributed by atoms with van der Waals surface area (Å²) in [6.45, 7) is 8.19. The summed E-state index contributed by atoms with van der Waals surface area (Å²) < 4.78 is 1.99. The second-order valence-electron chi connectivity index (χ2n) is 7.28. The van der Waals surface area contributed by atoms with Crippen LogP contribution in [-0.4, -0.2) is 37.3 Å². The van der Waals surface area contributed by atoms with Gasteiger partial charge in [0.05, 0.1) is 24.0 Å². The Morgan fingerprint density at radius 1 is 1.21 bits per heavy atom. The molecule has 150 valence electrons. The summed E-state index contributed by atoms with van der Waals surface area (Å²) in [5, 5.41) is 16.7. The molecule has 0 aliphatic carbocycles. The molecule has 1 aromatic carbocycles. The summed E-state index contributed by atoms with van der Waals surface area (Å²) >= 11 is 10.5. The van der Waals surface area contributed by atoms with Gasteiger partial charge in [0.1, 0.15) is 0 Å². The third kappa shape index (κ3) is 4.34. The number of aliphatic hydroxyl groups is 1. The molecule has 3 aromatic rings. The highest BCUT2D eigenvalue weighted by Crippen LogP contribution is 2.29. The Labute approximate surface area is 175 Å². The molecule has 9 heteroatoms. The van der Waals surface area contributed by atoms with Crippen molar-refractivity contribution in [1.29, 1.82) is 0 Å². The first-order valence-corrected chi connectivity index (χ1v) is 10.00. The van der Waals surface area contributed by atoms with Gasteiger partial charge in [-0.25, -0.2) is 4.98 Å². The van der Waals surface area contributed by atoms with Crippen LogP contribution in [0.2, 0.25) is 5.02 Å². The lowest BCUT2D eigenvalue weighted by atomic mass is 10.1. The van der Waals surface area contributed by atoms with E-state index in [9.17, 15) is 5.11 Å². The lowest BCUT2D eigenvalue weighted by Crippen LogP contribution is -2.30. The van der Waals surface area contributed by atoms with Crippen LogP contribution >= 0.6 is 24.2 Å². The first kappa shape index (κ1) is 20.7. The van der Waals surface area contributed by atoms with Crippen LogP contribution in [0.1, 0.15) is 33.7 Å². The number of rotatable bonds is 7. The highest BCUT2D eigenvalue weighted by Gasteiger charge is 2.18. The number of halogens is 1. The highest BCUT2D eigenvalue weighted by atomic mass is 35.5. The van der Waals surface area contributed by atoms with Gasteiger partial charge < -0.3 is 20.3 Å². The molecular formula is C19H25ClN6OS. The van der Waals surface area contributed by atoms with Gasteiger partial charge in [-0.1, -0.05) is 25.4 Å². The normalized spacial score (nSPS) is 12.8. The highest BCUT2D eigenvalue weighted by molar-refractivity contribution is 7.80. The summed E-state index contributed by atoms with van der Waals surface area (Å²) in [6, 6.07) is 5.52. The Balaban J connectivity index is 2.07. The Morgan fingerprint density at radius 2 is 1.96 bits per heavy atom. The molecule has 7 nitrogen and oxygen atoms in total. The molecule has 0 spiro atoms. The molecule has 0 unspecified atom stereocenters. The predicted octanol–water partition coefficient (Wildman–Crippen LogP) is 4.52. The molecule has 0 saturated carbocycles. The molecule has 28 heavy (non-hydrogen) atoms. The number of hydrogen-bond donors (Lipinski definition) is 4. The largest absolute Gasteiger partial charge is 0.394 e. The van der Waals surface area contributed by atoms with Crippen LogP contribution in [0.25, 0.3) is 11.2 Å². The number of aromatic nitrogens is 4. The number of hydrogen-bond acceptors (Lipinski definition) is 7. The quantitative estimate of drug-likeness (QED) is 0.420. The van der Waals surface area contributed by atoms with Crippen LogP contribution in [0.3, 0.4) is 0 Å². The van der Waals surface area contributed by atoms with Crippen LogP contribution in [0.5, 0.6) is 0 Å². The van der Waals surface area contributed by atoms with Crippen molar-refractivity contribution in [3.8, 4) is 0 Å². The van der Waals surface area contributed by atoms with E-state index >= 15 is 0 Å². The first-order chi connectivity index (χ1) is 13.3. The topological polar surface area (TPSA) is 87.9 Å². The fourth-order valence-electron chi connectivity index (χ4n) is 2.76. The molecule has 1 atom stereocenters. The second-order valence-corrected chi connectivity index (χ2v) is 8.17. The van der Waals surface area contributed by atoms with Gasteiger partial charge in [0.25, 0.3) is 0 Å². The third-order valence-electron chi connectivity index (χ3n) is 4.50. The van der Waals surface area contributed by atoms with Crippen molar-refractivity contribution in [2.45, 2.75) is 44.7 Å². The summed E-state index contributed by atoms with van der Waals surface area (Å²) in [6.07, 6.45) is 1.76. The van der Waals surface area contributed by atoms with E-state index in [0.717, 1.165) is 5.69 Å². The van der Waals surface area contributed by atoms with Gasteiger partial charge in [0.2, 0.25) is 5.95 Å². The fraction of sp³-hybridized carbons (Fsp3) is 0.421. The minimum atomic E-state index is -0.154. The number of nitrogens with one attached hydrogen (secondary N) is 2. The van der Waals surface area contributed by atoms with E-state index in [1.807, 2.05) is 30.5 Å². The number of thiol groups is 1. The van der Waals surface area contributed by atoms with Gasteiger partial charge in [-0.05, 0) is 38.0 Å². The van der Waals surface area contributed by atoms with Crippen LogP contribution in [0.15, 0.2) is 29.4 Å². The van der Waals surface area contributed by atoms with Crippen molar-refractivity contribution in [3.63, 3.8) is 0 Å². The lowest BCUT2D eigenvalue weighted by molar-refractivity contribution is 0.248. The Hall–Kier alpha value is -2.03. The van der Waals surface area contributed by atoms with E-state index < -0.39 is 0 Å². The molecule has 0 bridgehead atoms. The van der Waals surface area contributed by atoms with Crippen LogP contribution in [0.4, 0.5) is 17.5 Å². The van der Waals surface area contributed by atoms with Gasteiger partial charge in [0.15, 0.2) is 17.0 Å². The van der Waals surface area contributed by atoms with E-state index in [0.29, 0.717) is 32.8 Å². The van der Waals surface area contributed by atoms with Crippen molar-refractivity contribution in [2.75, 3.05) is 17.2 Å². The van der Waals surface area contributed by atoms with Crippen molar-refractivity contribution in [1.82, 2.24) is 19.5 Å². The number of aliphatic hydroxyl groups excluding tert-OH is 1. The molecule has 0 radical (unpaired) electrons. The van der Waals surface area contributed by atoms with Crippen LogP contribution in [0, 0.1) is 5.92 Å². The number of benzene rings is 1. The van der Waals surface area contributed by atoms with Gasteiger partial charge in [-0.3, -0.25) is 0 Å². The first-order valence-electron chi connectivity index (χ1n) is 9.17. The van der Waals surface area contributed by atoms with Gasteiger partial charge in [-0.2, -0.15) is 9.97 Å². The predicted molar refractivity (Wildman–Crippen MR) is 117 cm³/mol. The van der Waals surface area contributed by atoms with Crippen molar-refractivity contribution >= 4 is 52.8 Å². The Morgan fingerprint density at radius 3 is 2.57 bits per heavy atom. The summed E-state index contributed by atoms with van der Waals surface area (Å²) in [4.78, 5) is 14.5. The van der Waals surface area contributed by atoms with E-state index in [2.05, 4.69) is 52.1 Å². The summed E-state index contributed by atoms with van der Waals surface area (Å²) in [5.41, 5.74) is 2.15. The molecule has 3 rings (SSSR count). The standard InChI is InChI=1S/C19H25ClN6OS/c1-10(2)14(8-27)23-19-24-17(22-12-5-6-15(28)13(20)7-12)16-18(25-19)26(9-21-16)11(3)4/h5-7,9-11,14,27-28H,8H2,1-4H3,(H2,22,23,24,25)/t14-/m0/s1. The average molecular weight is 421 g/mol. The van der Waals surface area contributed by atoms with E-state index in [1.165, 1.54) is 0 Å². The Bertz CT molecular complexity index is 974. The fourth-order valence-corrected chi connectivity index (χ4v) is 3.08. The van der Waals surface area contributed by atoms with E-state index in [-0.39, 0.29) is 24.6 Å². The number of nitrogens with zero attached hydrogens (tertiary/aromatic N) is 4.